The second-order valence-electron chi connectivity index (χ2n) is 4.37. The molecule has 2 aromatic rings. The molecule has 0 aliphatic carbocycles. The number of benzene rings is 1. The van der Waals surface area contributed by atoms with E-state index in [0.29, 0.717) is 12.5 Å². The van der Waals surface area contributed by atoms with Gasteiger partial charge in [0.2, 0.25) is 0 Å². The topological polar surface area (TPSA) is 27.1 Å². The molecule has 1 heterocycles. The Kier molecular flexibility index (Phi) is 4.86. The molecule has 19 heavy (non-hydrogen) atoms. The van der Waals surface area contributed by atoms with Crippen molar-refractivity contribution >= 4 is 11.6 Å². The normalized spacial score (nSPS) is 10.7. The lowest BCUT2D eigenvalue weighted by atomic mass is 10.2. The molecule has 0 aliphatic heterocycles. The highest BCUT2D eigenvalue weighted by atomic mass is 35.5. The van der Waals surface area contributed by atoms with E-state index in [4.69, 9.17) is 16.3 Å². The number of aryl methyl sites for hydroxylation is 2. The number of nitrogens with zero attached hydrogens (tertiary/aromatic N) is 2. The van der Waals surface area contributed by atoms with Crippen molar-refractivity contribution in [3.63, 3.8) is 0 Å². The number of hydrogen-bond acceptors (Lipinski definition) is 2. The molecule has 0 unspecified atom stereocenters. The van der Waals surface area contributed by atoms with Crippen molar-refractivity contribution in [1.29, 1.82) is 0 Å². The van der Waals surface area contributed by atoms with Gasteiger partial charge in [-0.15, -0.1) is 11.6 Å². The lowest BCUT2D eigenvalue weighted by Gasteiger charge is -2.08. The number of aromatic nitrogens is 2. The quantitative estimate of drug-likeness (QED) is 0.752. The molecule has 0 radical (unpaired) electrons. The molecule has 1 aromatic carbocycles. The zero-order valence-electron chi connectivity index (χ0n) is 11.4. The summed E-state index contributed by atoms with van der Waals surface area (Å²) in [5.74, 6) is 1.35. The predicted molar refractivity (Wildman–Crippen MR) is 77.6 cm³/mol. The monoisotopic (exact) mass is 278 g/mol. The first-order chi connectivity index (χ1) is 9.26. The summed E-state index contributed by atoms with van der Waals surface area (Å²) >= 11 is 5.82. The molecule has 4 heteroatoms. The molecule has 0 fully saturated rings. The van der Waals surface area contributed by atoms with Crippen LogP contribution in [0.3, 0.4) is 0 Å². The van der Waals surface area contributed by atoms with Crippen LogP contribution in [0.2, 0.25) is 0 Å². The summed E-state index contributed by atoms with van der Waals surface area (Å²) in [7, 11) is 0. The zero-order chi connectivity index (χ0) is 13.7. The van der Waals surface area contributed by atoms with E-state index in [9.17, 15) is 0 Å². The first-order valence-corrected chi connectivity index (χ1v) is 7.13. The maximum atomic E-state index is 5.82. The van der Waals surface area contributed by atoms with Gasteiger partial charge in [-0.3, -0.25) is 4.68 Å². The number of ether oxygens (including phenoxy) is 1. The Bertz CT molecular complexity index is 537. The lowest BCUT2D eigenvalue weighted by Crippen LogP contribution is -2.06. The average Bonchev–Trinajstić information content (AvgIpc) is 2.87. The second kappa shape index (κ2) is 6.62. The summed E-state index contributed by atoms with van der Waals surface area (Å²) in [5, 5.41) is 4.51. The van der Waals surface area contributed by atoms with Crippen LogP contribution in [0.25, 0.3) is 0 Å². The maximum absolute atomic E-state index is 5.82. The molecular formula is C15H19ClN2O. The van der Waals surface area contributed by atoms with Gasteiger partial charge in [-0.25, -0.2) is 0 Å². The van der Waals surface area contributed by atoms with Crippen molar-refractivity contribution in [2.75, 3.05) is 0 Å². The van der Waals surface area contributed by atoms with Gasteiger partial charge in [0, 0.05) is 12.4 Å². The van der Waals surface area contributed by atoms with Crippen LogP contribution in [0.5, 0.6) is 5.75 Å². The van der Waals surface area contributed by atoms with Crippen LogP contribution in [-0.4, -0.2) is 9.78 Å². The van der Waals surface area contributed by atoms with E-state index in [0.717, 1.165) is 35.7 Å². The first-order valence-electron chi connectivity index (χ1n) is 6.60. The molecule has 102 valence electrons. The summed E-state index contributed by atoms with van der Waals surface area (Å²) < 4.78 is 7.81. The molecule has 3 nitrogen and oxygen atoms in total. The summed E-state index contributed by atoms with van der Waals surface area (Å²) in [5.41, 5.74) is 3.28. The average molecular weight is 279 g/mol. The zero-order valence-corrected chi connectivity index (χ0v) is 12.2. The van der Waals surface area contributed by atoms with E-state index >= 15 is 0 Å². The third-order valence-electron chi connectivity index (χ3n) is 3.02. The van der Waals surface area contributed by atoms with E-state index < -0.39 is 0 Å². The van der Waals surface area contributed by atoms with Crippen LogP contribution in [0.1, 0.15) is 30.8 Å². The molecule has 0 saturated heterocycles. The minimum Gasteiger partial charge on any atom is -0.487 e. The number of alkyl halides is 1. The molecule has 0 amide bonds. The van der Waals surface area contributed by atoms with Gasteiger partial charge in [0.05, 0.1) is 11.4 Å². The first kappa shape index (κ1) is 13.9. The lowest BCUT2D eigenvalue weighted by molar-refractivity contribution is 0.292. The molecule has 0 bridgehead atoms. The Morgan fingerprint density at radius 2 is 2.11 bits per heavy atom. The molecule has 2 rings (SSSR count). The molecular weight excluding hydrogens is 260 g/mol. The standard InChI is InChI=1S/C15H19ClN2O/c1-3-13-9-14(18(4-2)17-13)11-19-15-7-5-6-12(8-15)10-16/h5-9H,3-4,10-11H2,1-2H3. The highest BCUT2D eigenvalue weighted by Gasteiger charge is 2.06. The van der Waals surface area contributed by atoms with Gasteiger partial charge in [-0.1, -0.05) is 19.1 Å². The van der Waals surface area contributed by atoms with Crippen molar-refractivity contribution in [2.45, 2.75) is 39.3 Å². The van der Waals surface area contributed by atoms with Crippen LogP contribution in [0.4, 0.5) is 0 Å². The highest BCUT2D eigenvalue weighted by Crippen LogP contribution is 2.17. The summed E-state index contributed by atoms with van der Waals surface area (Å²) in [6.07, 6.45) is 0.946. The fraction of sp³-hybridized carbons (Fsp3) is 0.400. The largest absolute Gasteiger partial charge is 0.487 e. The van der Waals surface area contributed by atoms with Gasteiger partial charge in [-0.2, -0.15) is 5.10 Å². The summed E-state index contributed by atoms with van der Waals surface area (Å²) in [6.45, 7) is 5.59. The Morgan fingerprint density at radius 1 is 1.26 bits per heavy atom. The van der Waals surface area contributed by atoms with Crippen molar-refractivity contribution in [3.05, 3.63) is 47.3 Å². The van der Waals surface area contributed by atoms with Gasteiger partial charge in [0.25, 0.3) is 0 Å². The Hall–Kier alpha value is -1.48. The van der Waals surface area contributed by atoms with Crippen molar-refractivity contribution in [1.82, 2.24) is 9.78 Å². The summed E-state index contributed by atoms with van der Waals surface area (Å²) in [4.78, 5) is 0. The van der Waals surface area contributed by atoms with E-state index in [1.807, 2.05) is 28.9 Å². The minimum absolute atomic E-state index is 0.504. The number of hydrogen-bond donors (Lipinski definition) is 0. The van der Waals surface area contributed by atoms with Crippen LogP contribution in [-0.2, 0) is 25.5 Å². The highest BCUT2D eigenvalue weighted by molar-refractivity contribution is 6.17. The molecule has 0 spiro atoms. The van der Waals surface area contributed by atoms with Crippen LogP contribution < -0.4 is 4.74 Å². The Labute approximate surface area is 119 Å². The number of halogens is 1. The Morgan fingerprint density at radius 3 is 2.79 bits per heavy atom. The second-order valence-corrected chi connectivity index (χ2v) is 4.63. The fourth-order valence-electron chi connectivity index (χ4n) is 1.95. The van der Waals surface area contributed by atoms with E-state index in [1.165, 1.54) is 0 Å². The van der Waals surface area contributed by atoms with Crippen molar-refractivity contribution in [2.24, 2.45) is 0 Å². The van der Waals surface area contributed by atoms with Crippen LogP contribution in [0.15, 0.2) is 30.3 Å². The van der Waals surface area contributed by atoms with Gasteiger partial charge in [-0.05, 0) is 37.1 Å². The van der Waals surface area contributed by atoms with Crippen LogP contribution >= 0.6 is 11.6 Å². The summed E-state index contributed by atoms with van der Waals surface area (Å²) in [6, 6.07) is 9.98. The number of rotatable bonds is 6. The molecule has 1 aromatic heterocycles. The van der Waals surface area contributed by atoms with Gasteiger partial charge in [0.15, 0.2) is 0 Å². The third-order valence-corrected chi connectivity index (χ3v) is 3.32. The molecule has 0 atom stereocenters. The van der Waals surface area contributed by atoms with E-state index in [2.05, 4.69) is 25.0 Å². The maximum Gasteiger partial charge on any atom is 0.130 e. The minimum atomic E-state index is 0.504. The van der Waals surface area contributed by atoms with Crippen molar-refractivity contribution in [3.8, 4) is 5.75 Å². The van der Waals surface area contributed by atoms with Gasteiger partial charge in [0.1, 0.15) is 12.4 Å². The van der Waals surface area contributed by atoms with Gasteiger partial charge < -0.3 is 4.74 Å². The molecule has 0 saturated carbocycles. The molecule has 0 aliphatic rings. The van der Waals surface area contributed by atoms with Crippen LogP contribution in [0, 0.1) is 0 Å². The third kappa shape index (κ3) is 3.51. The fourth-order valence-corrected chi connectivity index (χ4v) is 2.12. The molecule has 0 N–H and O–H groups in total. The Balaban J connectivity index is 2.07. The SMILES string of the molecule is CCc1cc(COc2cccc(CCl)c2)n(CC)n1. The van der Waals surface area contributed by atoms with Crippen molar-refractivity contribution < 1.29 is 4.74 Å². The van der Waals surface area contributed by atoms with E-state index in [-0.39, 0.29) is 0 Å². The predicted octanol–water partition coefficient (Wildman–Crippen LogP) is 3.78. The van der Waals surface area contributed by atoms with E-state index in [1.54, 1.807) is 0 Å². The smallest absolute Gasteiger partial charge is 0.130 e. The van der Waals surface area contributed by atoms with Gasteiger partial charge >= 0.3 is 0 Å².